The molecule has 1 saturated heterocycles. The number of unbranched alkanes of at least 4 members (excludes halogenated alkanes) is 1. The Hall–Kier alpha value is -3.00. The fourth-order valence-electron chi connectivity index (χ4n) is 3.77. The highest BCUT2D eigenvalue weighted by molar-refractivity contribution is 5.91. The average molecular weight is 394 g/mol. The Morgan fingerprint density at radius 3 is 2.59 bits per heavy atom. The van der Waals surface area contributed by atoms with Gasteiger partial charge in [0.05, 0.1) is 12.3 Å². The molecule has 1 atom stereocenters. The normalized spacial score (nSPS) is 16.1. The van der Waals surface area contributed by atoms with Crippen LogP contribution in [0, 0.1) is 0 Å². The maximum atomic E-state index is 12.6. The van der Waals surface area contributed by atoms with Gasteiger partial charge in [-0.2, -0.15) is 0 Å². The second-order valence-corrected chi connectivity index (χ2v) is 7.23. The van der Waals surface area contributed by atoms with Crippen molar-refractivity contribution < 1.29 is 9.21 Å². The van der Waals surface area contributed by atoms with Gasteiger partial charge in [-0.1, -0.05) is 43.7 Å². The van der Waals surface area contributed by atoms with E-state index in [1.807, 2.05) is 27.8 Å². The second-order valence-electron chi connectivity index (χ2n) is 7.23. The molecule has 0 spiro atoms. The number of aryl methyl sites for hydroxylation is 1. The lowest BCUT2D eigenvalue weighted by molar-refractivity contribution is 0.0559. The van der Waals surface area contributed by atoms with Crippen molar-refractivity contribution in [1.82, 2.24) is 30.0 Å². The molecule has 29 heavy (non-hydrogen) atoms. The number of amides is 1. The van der Waals surface area contributed by atoms with Gasteiger partial charge in [-0.05, 0) is 34.5 Å². The molecule has 1 aliphatic heterocycles. The molecule has 0 aliphatic carbocycles. The molecule has 8 heteroatoms. The van der Waals surface area contributed by atoms with Crippen molar-refractivity contribution in [3.63, 3.8) is 0 Å². The summed E-state index contributed by atoms with van der Waals surface area (Å²) in [6.07, 6.45) is 3.65. The molecule has 1 aliphatic rings. The molecular formula is C21H26N6O2. The number of hydrogen-bond donors (Lipinski definition) is 0. The Morgan fingerprint density at radius 1 is 1.10 bits per heavy atom. The number of nitrogens with zero attached hydrogens (tertiary/aromatic N) is 6. The average Bonchev–Trinajstić information content (AvgIpc) is 3.46. The van der Waals surface area contributed by atoms with E-state index < -0.39 is 0 Å². The van der Waals surface area contributed by atoms with Crippen LogP contribution in [-0.2, 0) is 6.54 Å². The van der Waals surface area contributed by atoms with Crippen LogP contribution in [0.5, 0.6) is 0 Å². The van der Waals surface area contributed by atoms with Crippen LogP contribution in [0.15, 0.2) is 53.1 Å². The zero-order chi connectivity index (χ0) is 20.1. The molecule has 0 radical (unpaired) electrons. The van der Waals surface area contributed by atoms with Gasteiger partial charge < -0.3 is 9.32 Å². The maximum absolute atomic E-state index is 12.6. The molecule has 3 aromatic rings. The molecule has 0 N–H and O–H groups in total. The first-order valence-corrected chi connectivity index (χ1v) is 10.2. The SMILES string of the molecule is CCCCn1nnnc1C(c1ccccc1)N1CCN(C(=O)c2ccco2)CC1. The fraction of sp³-hybridized carbons (Fsp3) is 0.429. The molecule has 1 aromatic carbocycles. The quantitative estimate of drug-likeness (QED) is 0.613. The largest absolute Gasteiger partial charge is 0.459 e. The fourth-order valence-corrected chi connectivity index (χ4v) is 3.77. The first-order chi connectivity index (χ1) is 14.3. The zero-order valence-corrected chi connectivity index (χ0v) is 16.6. The van der Waals surface area contributed by atoms with Crippen molar-refractivity contribution in [2.45, 2.75) is 32.4 Å². The van der Waals surface area contributed by atoms with Gasteiger partial charge in [-0.3, -0.25) is 9.69 Å². The lowest BCUT2D eigenvalue weighted by Crippen LogP contribution is -2.50. The van der Waals surface area contributed by atoms with Gasteiger partial charge in [0.2, 0.25) is 0 Å². The highest BCUT2D eigenvalue weighted by Crippen LogP contribution is 2.28. The third kappa shape index (κ3) is 4.22. The number of tetrazole rings is 1. The van der Waals surface area contributed by atoms with Gasteiger partial charge in [0, 0.05) is 32.7 Å². The summed E-state index contributed by atoms with van der Waals surface area (Å²) in [5, 5.41) is 12.6. The molecule has 152 valence electrons. The van der Waals surface area contributed by atoms with E-state index in [0.717, 1.165) is 43.9 Å². The van der Waals surface area contributed by atoms with Crippen LogP contribution in [0.4, 0.5) is 0 Å². The highest BCUT2D eigenvalue weighted by Gasteiger charge is 2.32. The van der Waals surface area contributed by atoms with Gasteiger partial charge in [0.1, 0.15) is 0 Å². The minimum Gasteiger partial charge on any atom is -0.459 e. The van der Waals surface area contributed by atoms with E-state index in [4.69, 9.17) is 4.42 Å². The predicted molar refractivity (Wildman–Crippen MR) is 107 cm³/mol. The van der Waals surface area contributed by atoms with Crippen LogP contribution >= 0.6 is 0 Å². The molecule has 2 aromatic heterocycles. The third-order valence-corrected chi connectivity index (χ3v) is 5.34. The zero-order valence-electron chi connectivity index (χ0n) is 16.6. The van der Waals surface area contributed by atoms with Crippen LogP contribution in [0.25, 0.3) is 0 Å². The number of carbonyl (C=O) groups is 1. The minimum atomic E-state index is -0.0568. The monoisotopic (exact) mass is 394 g/mol. The summed E-state index contributed by atoms with van der Waals surface area (Å²) < 4.78 is 7.19. The van der Waals surface area contributed by atoms with E-state index in [9.17, 15) is 4.79 Å². The van der Waals surface area contributed by atoms with E-state index in [1.165, 1.54) is 6.26 Å². The van der Waals surface area contributed by atoms with E-state index in [-0.39, 0.29) is 11.9 Å². The van der Waals surface area contributed by atoms with Gasteiger partial charge in [0.15, 0.2) is 11.6 Å². The number of carbonyl (C=O) groups excluding carboxylic acids is 1. The number of piperazine rings is 1. The van der Waals surface area contributed by atoms with Crippen molar-refractivity contribution in [1.29, 1.82) is 0 Å². The standard InChI is InChI=1S/C21H26N6O2/c1-2-3-11-27-20(22-23-24-27)19(17-8-5-4-6-9-17)25-12-14-26(15-13-25)21(28)18-10-7-16-29-18/h4-10,16,19H,2-3,11-15H2,1H3. The summed E-state index contributed by atoms with van der Waals surface area (Å²) in [4.78, 5) is 16.8. The molecule has 3 heterocycles. The first-order valence-electron chi connectivity index (χ1n) is 10.2. The molecule has 4 rings (SSSR count). The van der Waals surface area contributed by atoms with Crippen molar-refractivity contribution in [2.75, 3.05) is 26.2 Å². The van der Waals surface area contributed by atoms with Crippen molar-refractivity contribution in [3.05, 3.63) is 65.9 Å². The van der Waals surface area contributed by atoms with Gasteiger partial charge in [-0.15, -0.1) is 5.10 Å². The molecule has 1 fully saturated rings. The Balaban J connectivity index is 1.54. The molecule has 0 bridgehead atoms. The molecule has 1 unspecified atom stereocenters. The molecule has 1 amide bonds. The number of benzene rings is 1. The molecule has 8 nitrogen and oxygen atoms in total. The summed E-state index contributed by atoms with van der Waals surface area (Å²) in [5.41, 5.74) is 1.16. The third-order valence-electron chi connectivity index (χ3n) is 5.34. The van der Waals surface area contributed by atoms with Crippen molar-refractivity contribution in [3.8, 4) is 0 Å². The first kappa shape index (κ1) is 19.3. The van der Waals surface area contributed by atoms with Crippen LogP contribution in [0.2, 0.25) is 0 Å². The van der Waals surface area contributed by atoms with Crippen LogP contribution in [0.3, 0.4) is 0 Å². The second kappa shape index (κ2) is 9.00. The number of furan rings is 1. The smallest absolute Gasteiger partial charge is 0.289 e. The summed E-state index contributed by atoms with van der Waals surface area (Å²) in [5.74, 6) is 1.19. The lowest BCUT2D eigenvalue weighted by atomic mass is 10.0. The Morgan fingerprint density at radius 2 is 1.90 bits per heavy atom. The van der Waals surface area contributed by atoms with Crippen molar-refractivity contribution in [2.24, 2.45) is 0 Å². The summed E-state index contributed by atoms with van der Waals surface area (Å²) in [6.45, 7) is 5.73. The Bertz CT molecular complexity index is 900. The van der Waals surface area contributed by atoms with Crippen LogP contribution < -0.4 is 0 Å². The highest BCUT2D eigenvalue weighted by atomic mass is 16.3. The Kier molecular flexibility index (Phi) is 6.00. The summed E-state index contributed by atoms with van der Waals surface area (Å²) in [7, 11) is 0. The van der Waals surface area contributed by atoms with E-state index in [1.54, 1.807) is 12.1 Å². The van der Waals surface area contributed by atoms with Gasteiger partial charge >= 0.3 is 0 Å². The predicted octanol–water partition coefficient (Wildman–Crippen LogP) is 2.61. The van der Waals surface area contributed by atoms with E-state index in [0.29, 0.717) is 18.8 Å². The number of aromatic nitrogens is 4. The summed E-state index contributed by atoms with van der Waals surface area (Å²) >= 11 is 0. The van der Waals surface area contributed by atoms with E-state index >= 15 is 0 Å². The van der Waals surface area contributed by atoms with E-state index in [2.05, 4.69) is 39.5 Å². The van der Waals surface area contributed by atoms with Crippen molar-refractivity contribution >= 4 is 5.91 Å². The molecular weight excluding hydrogens is 368 g/mol. The van der Waals surface area contributed by atoms with Crippen LogP contribution in [0.1, 0.15) is 47.7 Å². The van der Waals surface area contributed by atoms with Gasteiger partial charge in [0.25, 0.3) is 5.91 Å². The summed E-state index contributed by atoms with van der Waals surface area (Å²) in [6, 6.07) is 13.7. The molecule has 0 saturated carbocycles. The van der Waals surface area contributed by atoms with Gasteiger partial charge in [-0.25, -0.2) is 4.68 Å². The number of hydrogen-bond acceptors (Lipinski definition) is 6. The number of rotatable bonds is 7. The Labute approximate surface area is 170 Å². The lowest BCUT2D eigenvalue weighted by Gasteiger charge is -2.38. The topological polar surface area (TPSA) is 80.3 Å². The van der Waals surface area contributed by atoms with Crippen LogP contribution in [-0.4, -0.2) is 62.1 Å². The minimum absolute atomic E-state index is 0.0380. The maximum Gasteiger partial charge on any atom is 0.289 e.